The largest absolute Gasteiger partial charge is 0.508 e. The summed E-state index contributed by atoms with van der Waals surface area (Å²) in [6.07, 6.45) is 1.45. The first-order chi connectivity index (χ1) is 8.87. The number of nitrogens with zero attached hydrogens (tertiary/aromatic N) is 2. The van der Waals surface area contributed by atoms with Gasteiger partial charge in [0.15, 0.2) is 0 Å². The lowest BCUT2D eigenvalue weighted by Gasteiger charge is -2.15. The summed E-state index contributed by atoms with van der Waals surface area (Å²) in [6, 6.07) is 3.65. The molecule has 1 heterocycles. The molecular weight excluding hydrogens is 263 g/mol. The SMILES string of the molecule is C[Si](C)(C)CCOCn1ncc2c(F)cc(O)cc21. The zero-order chi connectivity index (χ0) is 14.0. The fourth-order valence-corrected chi connectivity index (χ4v) is 2.51. The van der Waals surface area contributed by atoms with Gasteiger partial charge in [0, 0.05) is 26.8 Å². The lowest BCUT2D eigenvalue weighted by atomic mass is 10.2. The van der Waals surface area contributed by atoms with Crippen LogP contribution in [0.1, 0.15) is 0 Å². The van der Waals surface area contributed by atoms with Crippen LogP contribution in [0.3, 0.4) is 0 Å². The predicted molar refractivity (Wildman–Crippen MR) is 75.5 cm³/mol. The van der Waals surface area contributed by atoms with E-state index in [1.807, 2.05) is 0 Å². The monoisotopic (exact) mass is 282 g/mol. The Bertz CT molecular complexity index is 578. The molecule has 0 aliphatic heterocycles. The van der Waals surface area contributed by atoms with Crippen LogP contribution in [0.4, 0.5) is 4.39 Å². The molecule has 2 aromatic rings. The van der Waals surface area contributed by atoms with Crippen molar-refractivity contribution in [1.29, 1.82) is 0 Å². The zero-order valence-electron chi connectivity index (χ0n) is 11.5. The normalized spacial score (nSPS) is 12.2. The quantitative estimate of drug-likeness (QED) is 0.676. The second-order valence-corrected chi connectivity index (χ2v) is 11.5. The van der Waals surface area contributed by atoms with Crippen molar-refractivity contribution >= 4 is 19.0 Å². The van der Waals surface area contributed by atoms with Crippen molar-refractivity contribution < 1.29 is 14.2 Å². The number of phenolic OH excluding ortho intramolecular Hbond substituents is 1. The Morgan fingerprint density at radius 3 is 2.79 bits per heavy atom. The number of aromatic hydroxyl groups is 1. The molecule has 0 amide bonds. The highest BCUT2D eigenvalue weighted by Gasteiger charge is 2.13. The van der Waals surface area contributed by atoms with Crippen molar-refractivity contribution in [1.82, 2.24) is 9.78 Å². The van der Waals surface area contributed by atoms with E-state index in [4.69, 9.17) is 4.74 Å². The van der Waals surface area contributed by atoms with Crippen molar-refractivity contribution in [2.45, 2.75) is 32.4 Å². The van der Waals surface area contributed by atoms with Crippen molar-refractivity contribution in [2.75, 3.05) is 6.61 Å². The van der Waals surface area contributed by atoms with Gasteiger partial charge in [-0.2, -0.15) is 5.10 Å². The van der Waals surface area contributed by atoms with E-state index < -0.39 is 13.9 Å². The van der Waals surface area contributed by atoms with E-state index in [1.54, 1.807) is 4.68 Å². The Morgan fingerprint density at radius 1 is 1.37 bits per heavy atom. The van der Waals surface area contributed by atoms with Gasteiger partial charge in [-0.1, -0.05) is 19.6 Å². The van der Waals surface area contributed by atoms with Crippen LogP contribution in [0.25, 0.3) is 10.9 Å². The fourth-order valence-electron chi connectivity index (χ4n) is 1.75. The predicted octanol–water partition coefficient (Wildman–Crippen LogP) is 3.19. The minimum atomic E-state index is -1.11. The van der Waals surface area contributed by atoms with Gasteiger partial charge in [0.2, 0.25) is 0 Å². The van der Waals surface area contributed by atoms with Gasteiger partial charge in [0.25, 0.3) is 0 Å². The van der Waals surface area contributed by atoms with Crippen LogP contribution in [0.2, 0.25) is 25.7 Å². The molecule has 1 N–H and O–H groups in total. The molecule has 0 atom stereocenters. The van der Waals surface area contributed by atoms with Gasteiger partial charge in [0.05, 0.1) is 17.1 Å². The molecule has 0 unspecified atom stereocenters. The summed E-state index contributed by atoms with van der Waals surface area (Å²) in [5.41, 5.74) is 0.547. The Morgan fingerprint density at radius 2 is 2.11 bits per heavy atom. The number of benzene rings is 1. The maximum Gasteiger partial charge on any atom is 0.139 e. The van der Waals surface area contributed by atoms with Crippen molar-refractivity contribution in [3.63, 3.8) is 0 Å². The molecule has 0 aliphatic rings. The molecule has 0 saturated heterocycles. The van der Waals surface area contributed by atoms with E-state index in [0.29, 0.717) is 17.5 Å². The first-order valence-electron chi connectivity index (χ1n) is 6.28. The molecule has 4 nitrogen and oxygen atoms in total. The lowest BCUT2D eigenvalue weighted by Crippen LogP contribution is -2.22. The number of halogens is 1. The van der Waals surface area contributed by atoms with Crippen LogP contribution in [0.15, 0.2) is 18.3 Å². The Hall–Kier alpha value is -1.40. The molecule has 1 aromatic carbocycles. The third kappa shape index (κ3) is 3.54. The van der Waals surface area contributed by atoms with E-state index in [2.05, 4.69) is 24.7 Å². The average Bonchev–Trinajstić information content (AvgIpc) is 2.66. The topological polar surface area (TPSA) is 47.3 Å². The van der Waals surface area contributed by atoms with E-state index in [1.165, 1.54) is 12.3 Å². The molecule has 0 radical (unpaired) electrons. The van der Waals surface area contributed by atoms with E-state index >= 15 is 0 Å². The summed E-state index contributed by atoms with van der Waals surface area (Å²) >= 11 is 0. The smallest absolute Gasteiger partial charge is 0.139 e. The van der Waals surface area contributed by atoms with E-state index in [0.717, 1.165) is 12.1 Å². The summed E-state index contributed by atoms with van der Waals surface area (Å²) in [7, 11) is -1.11. The average molecular weight is 282 g/mol. The molecule has 1 aromatic heterocycles. The number of rotatable bonds is 5. The fraction of sp³-hybridized carbons (Fsp3) is 0.462. The standard InChI is InChI=1S/C13H19FN2O2Si/c1-19(2,3)5-4-18-9-16-13-7-10(17)6-12(14)11(13)8-15-16/h6-8,17H,4-5,9H2,1-3H3. The van der Waals surface area contributed by atoms with Crippen molar-refractivity contribution in [2.24, 2.45) is 0 Å². The summed E-state index contributed by atoms with van der Waals surface area (Å²) in [6.45, 7) is 7.81. The highest BCUT2D eigenvalue weighted by molar-refractivity contribution is 6.76. The van der Waals surface area contributed by atoms with E-state index in [9.17, 15) is 9.50 Å². The summed E-state index contributed by atoms with van der Waals surface area (Å²) < 4.78 is 20.7. The summed E-state index contributed by atoms with van der Waals surface area (Å²) in [4.78, 5) is 0. The maximum absolute atomic E-state index is 13.6. The van der Waals surface area contributed by atoms with Crippen molar-refractivity contribution in [3.05, 3.63) is 24.1 Å². The first kappa shape index (κ1) is 14.0. The van der Waals surface area contributed by atoms with Crippen LogP contribution in [0.5, 0.6) is 5.75 Å². The Labute approximate surface area is 112 Å². The highest BCUT2D eigenvalue weighted by Crippen LogP contribution is 2.23. The van der Waals surface area contributed by atoms with Crippen LogP contribution in [0, 0.1) is 5.82 Å². The van der Waals surface area contributed by atoms with Gasteiger partial charge >= 0.3 is 0 Å². The van der Waals surface area contributed by atoms with Crippen LogP contribution in [-0.4, -0.2) is 29.6 Å². The Kier molecular flexibility index (Phi) is 3.91. The lowest BCUT2D eigenvalue weighted by molar-refractivity contribution is 0.0817. The highest BCUT2D eigenvalue weighted by atomic mass is 28.3. The first-order valence-corrected chi connectivity index (χ1v) is 9.99. The number of phenols is 1. The van der Waals surface area contributed by atoms with Crippen LogP contribution < -0.4 is 0 Å². The summed E-state index contributed by atoms with van der Waals surface area (Å²) in [5.74, 6) is -0.572. The second kappa shape index (κ2) is 5.30. The molecule has 0 aliphatic carbocycles. The molecule has 2 rings (SSSR count). The summed E-state index contributed by atoms with van der Waals surface area (Å²) in [5, 5.41) is 13.9. The minimum Gasteiger partial charge on any atom is -0.508 e. The maximum atomic E-state index is 13.6. The van der Waals surface area contributed by atoms with Crippen LogP contribution >= 0.6 is 0 Å². The van der Waals surface area contributed by atoms with Gasteiger partial charge < -0.3 is 9.84 Å². The Balaban J connectivity index is 2.05. The molecular formula is C13H19FN2O2Si. The molecule has 104 valence electrons. The molecule has 0 bridgehead atoms. The number of aromatic nitrogens is 2. The van der Waals surface area contributed by atoms with Gasteiger partial charge in [-0.15, -0.1) is 0 Å². The van der Waals surface area contributed by atoms with Crippen LogP contribution in [-0.2, 0) is 11.5 Å². The van der Waals surface area contributed by atoms with Gasteiger partial charge in [-0.05, 0) is 6.04 Å². The van der Waals surface area contributed by atoms with Gasteiger partial charge in [-0.3, -0.25) is 0 Å². The number of hydrogen-bond donors (Lipinski definition) is 1. The minimum absolute atomic E-state index is 0.103. The molecule has 0 spiro atoms. The molecule has 6 heteroatoms. The second-order valence-electron chi connectivity index (χ2n) is 5.85. The third-order valence-electron chi connectivity index (χ3n) is 2.91. The van der Waals surface area contributed by atoms with Gasteiger partial charge in [-0.25, -0.2) is 9.07 Å². The number of ether oxygens (including phenoxy) is 1. The van der Waals surface area contributed by atoms with Crippen molar-refractivity contribution in [3.8, 4) is 5.75 Å². The molecule has 0 saturated carbocycles. The number of fused-ring (bicyclic) bond motifs is 1. The zero-order valence-corrected chi connectivity index (χ0v) is 12.5. The van der Waals surface area contributed by atoms with E-state index in [-0.39, 0.29) is 12.5 Å². The number of hydrogen-bond acceptors (Lipinski definition) is 3. The molecule has 0 fully saturated rings. The third-order valence-corrected chi connectivity index (χ3v) is 4.61. The van der Waals surface area contributed by atoms with Gasteiger partial charge in [0.1, 0.15) is 18.3 Å². The molecule has 19 heavy (non-hydrogen) atoms.